The van der Waals surface area contributed by atoms with Crippen molar-refractivity contribution in [1.29, 1.82) is 0 Å². The van der Waals surface area contributed by atoms with Gasteiger partial charge in [-0.25, -0.2) is 0 Å². The van der Waals surface area contributed by atoms with Crippen molar-refractivity contribution >= 4 is 17.4 Å². The van der Waals surface area contributed by atoms with Crippen molar-refractivity contribution in [2.75, 3.05) is 27.4 Å². The second kappa shape index (κ2) is 8.31. The Hall–Kier alpha value is -3.06. The predicted molar refractivity (Wildman–Crippen MR) is 102 cm³/mol. The molecule has 7 nitrogen and oxygen atoms in total. The molecule has 1 unspecified atom stereocenters. The summed E-state index contributed by atoms with van der Waals surface area (Å²) in [6, 6.07) is 9.38. The van der Waals surface area contributed by atoms with Crippen LogP contribution in [0.25, 0.3) is 5.76 Å². The summed E-state index contributed by atoms with van der Waals surface area (Å²) in [5.41, 5.74) is 0.396. The molecule has 1 aromatic heterocycles. The van der Waals surface area contributed by atoms with Crippen LogP contribution in [0, 0.1) is 6.92 Å². The van der Waals surface area contributed by atoms with Gasteiger partial charge < -0.3 is 23.9 Å². The molecule has 1 N–H and O–H groups in total. The summed E-state index contributed by atoms with van der Waals surface area (Å²) in [4.78, 5) is 26.9. The van der Waals surface area contributed by atoms with Crippen LogP contribution in [0.1, 0.15) is 29.5 Å². The molecule has 28 heavy (non-hydrogen) atoms. The number of nitrogens with zero attached hydrogens (tertiary/aromatic N) is 1. The molecule has 1 aliphatic rings. The predicted octanol–water partition coefficient (Wildman–Crippen LogP) is 3.05. The van der Waals surface area contributed by atoms with Crippen molar-refractivity contribution in [2.45, 2.75) is 19.4 Å². The molecule has 0 spiro atoms. The number of rotatable bonds is 7. The maximum absolute atomic E-state index is 12.8. The number of ether oxygens (including phenoxy) is 2. The summed E-state index contributed by atoms with van der Waals surface area (Å²) in [6.45, 7) is 2.53. The highest BCUT2D eigenvalue weighted by atomic mass is 16.5. The number of carbonyl (C=O) groups is 2. The van der Waals surface area contributed by atoms with E-state index in [1.165, 1.54) is 12.0 Å². The number of hydrogen-bond acceptors (Lipinski definition) is 6. The number of aliphatic hydroxyl groups is 1. The average molecular weight is 385 g/mol. The number of hydrogen-bond donors (Lipinski definition) is 1. The van der Waals surface area contributed by atoms with Crippen LogP contribution in [0.5, 0.6) is 5.75 Å². The van der Waals surface area contributed by atoms with E-state index < -0.39 is 17.7 Å². The van der Waals surface area contributed by atoms with Crippen LogP contribution in [-0.2, 0) is 14.3 Å². The molecule has 1 aliphatic heterocycles. The van der Waals surface area contributed by atoms with E-state index in [0.29, 0.717) is 42.4 Å². The van der Waals surface area contributed by atoms with Crippen LogP contribution >= 0.6 is 0 Å². The molecule has 0 aliphatic carbocycles. The second-order valence-corrected chi connectivity index (χ2v) is 6.52. The van der Waals surface area contributed by atoms with Crippen molar-refractivity contribution in [2.24, 2.45) is 0 Å². The first-order valence-corrected chi connectivity index (χ1v) is 8.96. The van der Waals surface area contributed by atoms with Crippen molar-refractivity contribution in [3.63, 3.8) is 0 Å². The minimum Gasteiger partial charge on any atom is -0.507 e. The minimum absolute atomic E-state index is 0.00465. The molecule has 1 atom stereocenters. The molecule has 0 saturated carbocycles. The summed E-state index contributed by atoms with van der Waals surface area (Å²) < 4.78 is 16.0. The fourth-order valence-corrected chi connectivity index (χ4v) is 3.31. The largest absolute Gasteiger partial charge is 0.507 e. The Labute approximate surface area is 163 Å². The van der Waals surface area contributed by atoms with E-state index in [9.17, 15) is 14.7 Å². The zero-order chi connectivity index (χ0) is 20.3. The lowest BCUT2D eigenvalue weighted by Crippen LogP contribution is -2.31. The third-order valence-electron chi connectivity index (χ3n) is 4.66. The first-order chi connectivity index (χ1) is 13.5. The summed E-state index contributed by atoms with van der Waals surface area (Å²) >= 11 is 0. The van der Waals surface area contributed by atoms with Gasteiger partial charge in [-0.1, -0.05) is 12.1 Å². The van der Waals surface area contributed by atoms with E-state index in [2.05, 4.69) is 0 Å². The molecule has 2 heterocycles. The summed E-state index contributed by atoms with van der Waals surface area (Å²) in [6.07, 6.45) is 0.554. The average Bonchev–Trinajstić information content (AvgIpc) is 3.23. The highest BCUT2D eigenvalue weighted by Crippen LogP contribution is 2.40. The number of furan rings is 1. The first-order valence-electron chi connectivity index (χ1n) is 8.96. The fourth-order valence-electron chi connectivity index (χ4n) is 3.31. The van der Waals surface area contributed by atoms with Crippen molar-refractivity contribution in [3.8, 4) is 5.75 Å². The number of methoxy groups -OCH3 is 2. The van der Waals surface area contributed by atoms with Gasteiger partial charge in [0.25, 0.3) is 11.7 Å². The Morgan fingerprint density at radius 1 is 1.21 bits per heavy atom. The topological polar surface area (TPSA) is 89.2 Å². The molecular weight excluding hydrogens is 362 g/mol. The first kappa shape index (κ1) is 19.7. The zero-order valence-corrected chi connectivity index (χ0v) is 16.1. The Bertz CT molecular complexity index is 913. The normalized spacial score (nSPS) is 18.7. The van der Waals surface area contributed by atoms with Gasteiger partial charge in [0, 0.05) is 25.8 Å². The van der Waals surface area contributed by atoms with E-state index in [-0.39, 0.29) is 11.3 Å². The van der Waals surface area contributed by atoms with Crippen LogP contribution in [0.2, 0.25) is 0 Å². The Morgan fingerprint density at radius 2 is 2.00 bits per heavy atom. The zero-order valence-electron chi connectivity index (χ0n) is 16.1. The van der Waals surface area contributed by atoms with Gasteiger partial charge in [-0.2, -0.15) is 0 Å². The molecule has 1 fully saturated rings. The van der Waals surface area contributed by atoms with E-state index in [1.54, 1.807) is 50.4 Å². The van der Waals surface area contributed by atoms with Crippen LogP contribution in [0.15, 0.2) is 46.4 Å². The number of aliphatic hydroxyl groups excluding tert-OH is 1. The smallest absolute Gasteiger partial charge is 0.295 e. The standard InChI is InChI=1S/C21H23NO6/c1-13-8-9-16(28-13)18-17(19(23)14-6-4-7-15(12-14)27-3)20(24)21(25)22(18)10-5-11-26-2/h4,6-9,12,18,23H,5,10-11H2,1-3H3. The lowest BCUT2D eigenvalue weighted by Gasteiger charge is -2.23. The van der Waals surface area contributed by atoms with Crippen LogP contribution < -0.4 is 4.74 Å². The number of benzene rings is 1. The Morgan fingerprint density at radius 3 is 2.64 bits per heavy atom. The van der Waals surface area contributed by atoms with E-state index in [4.69, 9.17) is 13.9 Å². The maximum Gasteiger partial charge on any atom is 0.295 e. The number of Topliss-reactive ketones (excluding diaryl/α,β-unsaturated/α-hetero) is 1. The van der Waals surface area contributed by atoms with Crippen molar-refractivity contribution in [1.82, 2.24) is 4.90 Å². The Kier molecular flexibility index (Phi) is 5.84. The van der Waals surface area contributed by atoms with Gasteiger partial charge in [0.1, 0.15) is 29.1 Å². The monoisotopic (exact) mass is 385 g/mol. The van der Waals surface area contributed by atoms with E-state index in [1.807, 2.05) is 0 Å². The van der Waals surface area contributed by atoms with Gasteiger partial charge in [0.05, 0.1) is 12.7 Å². The number of ketones is 1. The van der Waals surface area contributed by atoms with Gasteiger partial charge in [0.2, 0.25) is 0 Å². The number of amides is 1. The SMILES string of the molecule is COCCCN1C(=O)C(=O)C(=C(O)c2cccc(OC)c2)C1c1ccc(C)o1. The molecule has 2 aromatic rings. The van der Waals surface area contributed by atoms with E-state index in [0.717, 1.165) is 0 Å². The highest BCUT2D eigenvalue weighted by Gasteiger charge is 2.47. The van der Waals surface area contributed by atoms with Gasteiger partial charge in [-0.3, -0.25) is 9.59 Å². The third-order valence-corrected chi connectivity index (χ3v) is 4.66. The van der Waals surface area contributed by atoms with Crippen LogP contribution in [-0.4, -0.2) is 49.1 Å². The number of carbonyl (C=O) groups excluding carboxylic acids is 2. The molecular formula is C21H23NO6. The molecule has 1 saturated heterocycles. The number of likely N-dealkylation sites (tertiary alicyclic amines) is 1. The van der Waals surface area contributed by atoms with Crippen molar-refractivity contribution < 1.29 is 28.6 Å². The lowest BCUT2D eigenvalue weighted by molar-refractivity contribution is -0.140. The van der Waals surface area contributed by atoms with Gasteiger partial charge >= 0.3 is 0 Å². The van der Waals surface area contributed by atoms with Gasteiger partial charge in [0.15, 0.2) is 0 Å². The van der Waals surface area contributed by atoms with E-state index >= 15 is 0 Å². The number of aryl methyl sites for hydroxylation is 1. The Balaban J connectivity index is 2.10. The summed E-state index contributed by atoms with van der Waals surface area (Å²) in [5.74, 6) is -0.0527. The molecule has 7 heteroatoms. The molecule has 1 aromatic carbocycles. The van der Waals surface area contributed by atoms with Gasteiger partial charge in [-0.15, -0.1) is 0 Å². The highest BCUT2D eigenvalue weighted by molar-refractivity contribution is 6.46. The van der Waals surface area contributed by atoms with Crippen LogP contribution in [0.3, 0.4) is 0 Å². The maximum atomic E-state index is 12.8. The van der Waals surface area contributed by atoms with Crippen molar-refractivity contribution in [3.05, 3.63) is 59.1 Å². The van der Waals surface area contributed by atoms with Gasteiger partial charge in [-0.05, 0) is 37.6 Å². The quantitative estimate of drug-likeness (QED) is 0.341. The minimum atomic E-state index is -0.795. The fraction of sp³-hybridized carbons (Fsp3) is 0.333. The molecule has 1 amide bonds. The summed E-state index contributed by atoms with van der Waals surface area (Å²) in [7, 11) is 3.09. The summed E-state index contributed by atoms with van der Waals surface area (Å²) in [5, 5.41) is 10.9. The molecule has 0 radical (unpaired) electrons. The second-order valence-electron chi connectivity index (χ2n) is 6.52. The molecule has 3 rings (SSSR count). The molecule has 148 valence electrons. The van der Waals surface area contributed by atoms with Crippen LogP contribution in [0.4, 0.5) is 0 Å². The lowest BCUT2D eigenvalue weighted by atomic mass is 9.99. The third kappa shape index (κ3) is 3.66. The molecule has 0 bridgehead atoms.